The zero-order chi connectivity index (χ0) is 21.3. The first-order chi connectivity index (χ1) is 14.6. The minimum atomic E-state index is -0.550. The fourth-order valence-corrected chi connectivity index (χ4v) is 3.04. The van der Waals surface area contributed by atoms with E-state index < -0.39 is 12.0 Å². The van der Waals surface area contributed by atoms with Crippen LogP contribution in [0.1, 0.15) is 39.1 Å². The Balaban J connectivity index is 1.27. The van der Waals surface area contributed by atoms with E-state index in [4.69, 9.17) is 4.74 Å². The van der Waals surface area contributed by atoms with Crippen molar-refractivity contribution >= 4 is 23.8 Å². The molecule has 8 nitrogen and oxygen atoms in total. The summed E-state index contributed by atoms with van der Waals surface area (Å²) in [5, 5.41) is 5.09. The van der Waals surface area contributed by atoms with Crippen molar-refractivity contribution in [2.24, 2.45) is 0 Å². The highest BCUT2D eigenvalue weighted by molar-refractivity contribution is 6.21. The highest BCUT2D eigenvalue weighted by atomic mass is 16.5. The number of fused-ring (bicyclic) bond motifs is 1. The van der Waals surface area contributed by atoms with Crippen molar-refractivity contribution in [1.82, 2.24) is 15.5 Å². The van der Waals surface area contributed by atoms with Crippen LogP contribution in [0.15, 0.2) is 54.6 Å². The summed E-state index contributed by atoms with van der Waals surface area (Å²) in [6.45, 7) is 0.540. The van der Waals surface area contributed by atoms with Gasteiger partial charge < -0.3 is 15.4 Å². The number of hydrogen-bond donors (Lipinski definition) is 2. The monoisotopic (exact) mass is 409 g/mol. The molecular weight excluding hydrogens is 386 g/mol. The molecule has 1 aliphatic rings. The molecule has 0 atom stereocenters. The van der Waals surface area contributed by atoms with Gasteiger partial charge in [0, 0.05) is 13.1 Å². The van der Waals surface area contributed by atoms with Crippen molar-refractivity contribution in [3.05, 3.63) is 71.3 Å². The molecule has 0 spiro atoms. The number of nitrogens with zero attached hydrogens (tertiary/aromatic N) is 1. The molecule has 0 fully saturated rings. The second-order valence-electron chi connectivity index (χ2n) is 6.76. The van der Waals surface area contributed by atoms with Crippen molar-refractivity contribution in [3.8, 4) is 0 Å². The standard InChI is InChI=1S/C22H23N3O5/c26-19(15-24-22(29)23-14-16-8-2-1-3-9-16)30-13-7-6-12-25-20(27)17-10-4-5-11-18(17)21(25)28/h1-5,8-11H,6-7,12-15H2,(H2,23,24,29). The van der Waals surface area contributed by atoms with Gasteiger partial charge in [-0.3, -0.25) is 19.3 Å². The summed E-state index contributed by atoms with van der Waals surface area (Å²) < 4.78 is 5.07. The molecule has 2 N–H and O–H groups in total. The summed E-state index contributed by atoms with van der Waals surface area (Å²) >= 11 is 0. The molecule has 3 rings (SSSR count). The number of amides is 4. The molecule has 4 amide bonds. The lowest BCUT2D eigenvalue weighted by Gasteiger charge is -2.13. The molecule has 0 saturated heterocycles. The van der Waals surface area contributed by atoms with Crippen LogP contribution in [0.4, 0.5) is 4.79 Å². The number of urea groups is 1. The summed E-state index contributed by atoms with van der Waals surface area (Å²) in [5.74, 6) is -1.14. The van der Waals surface area contributed by atoms with Crippen molar-refractivity contribution in [1.29, 1.82) is 0 Å². The summed E-state index contributed by atoms with van der Waals surface area (Å²) in [7, 11) is 0. The Hall–Kier alpha value is -3.68. The van der Waals surface area contributed by atoms with Crippen LogP contribution >= 0.6 is 0 Å². The Kier molecular flexibility index (Phi) is 7.15. The van der Waals surface area contributed by atoms with Gasteiger partial charge >= 0.3 is 12.0 Å². The Bertz CT molecular complexity index is 894. The number of nitrogens with one attached hydrogen (secondary N) is 2. The molecule has 0 bridgehead atoms. The molecule has 30 heavy (non-hydrogen) atoms. The highest BCUT2D eigenvalue weighted by Gasteiger charge is 2.34. The second-order valence-corrected chi connectivity index (χ2v) is 6.76. The van der Waals surface area contributed by atoms with E-state index in [-0.39, 0.29) is 31.5 Å². The Labute approximate surface area is 174 Å². The van der Waals surface area contributed by atoms with Crippen LogP contribution in [-0.2, 0) is 16.1 Å². The van der Waals surface area contributed by atoms with Crippen LogP contribution < -0.4 is 10.6 Å². The zero-order valence-electron chi connectivity index (χ0n) is 16.4. The quantitative estimate of drug-likeness (QED) is 0.375. The van der Waals surface area contributed by atoms with E-state index >= 15 is 0 Å². The van der Waals surface area contributed by atoms with E-state index in [9.17, 15) is 19.2 Å². The SMILES string of the molecule is O=C(NCC(=O)OCCCCN1C(=O)c2ccccc2C1=O)NCc1ccccc1. The third kappa shape index (κ3) is 5.44. The molecule has 8 heteroatoms. The lowest BCUT2D eigenvalue weighted by atomic mass is 10.1. The third-order valence-corrected chi connectivity index (χ3v) is 4.61. The average molecular weight is 409 g/mol. The smallest absolute Gasteiger partial charge is 0.325 e. The summed E-state index contributed by atoms with van der Waals surface area (Å²) in [4.78, 5) is 49.1. The Morgan fingerprint density at radius 1 is 0.833 bits per heavy atom. The largest absolute Gasteiger partial charge is 0.464 e. The van der Waals surface area contributed by atoms with Crippen LogP contribution in [0.25, 0.3) is 0 Å². The maximum Gasteiger partial charge on any atom is 0.325 e. The third-order valence-electron chi connectivity index (χ3n) is 4.61. The van der Waals surface area contributed by atoms with Crippen LogP contribution in [0.5, 0.6) is 0 Å². The molecular formula is C22H23N3O5. The first-order valence-corrected chi connectivity index (χ1v) is 9.72. The van der Waals surface area contributed by atoms with E-state index in [0.717, 1.165) is 5.56 Å². The maximum absolute atomic E-state index is 12.2. The number of unbranched alkanes of at least 4 members (excludes halogenated alkanes) is 1. The fourth-order valence-electron chi connectivity index (χ4n) is 3.04. The predicted molar refractivity (Wildman–Crippen MR) is 109 cm³/mol. The summed E-state index contributed by atoms with van der Waals surface area (Å²) in [6.07, 6.45) is 1.02. The predicted octanol–water partition coefficient (Wildman–Crippen LogP) is 2.11. The minimum Gasteiger partial charge on any atom is -0.464 e. The number of esters is 1. The maximum atomic E-state index is 12.2. The molecule has 0 radical (unpaired) electrons. The van der Waals surface area contributed by atoms with Gasteiger partial charge in [0.2, 0.25) is 0 Å². The Morgan fingerprint density at radius 2 is 1.47 bits per heavy atom. The zero-order valence-corrected chi connectivity index (χ0v) is 16.4. The molecule has 1 aliphatic heterocycles. The van der Waals surface area contributed by atoms with E-state index in [1.165, 1.54) is 4.90 Å². The van der Waals surface area contributed by atoms with Gasteiger partial charge in [-0.2, -0.15) is 0 Å². The van der Waals surface area contributed by atoms with Gasteiger partial charge in [0.05, 0.1) is 17.7 Å². The first-order valence-electron chi connectivity index (χ1n) is 9.72. The molecule has 0 aliphatic carbocycles. The van der Waals surface area contributed by atoms with E-state index in [2.05, 4.69) is 10.6 Å². The molecule has 2 aromatic carbocycles. The fraction of sp³-hybridized carbons (Fsp3) is 0.273. The molecule has 2 aromatic rings. The van der Waals surface area contributed by atoms with Crippen LogP contribution in [0, 0.1) is 0 Å². The second kappa shape index (κ2) is 10.2. The van der Waals surface area contributed by atoms with Crippen molar-refractivity contribution in [2.45, 2.75) is 19.4 Å². The van der Waals surface area contributed by atoms with Crippen LogP contribution in [0.3, 0.4) is 0 Å². The van der Waals surface area contributed by atoms with E-state index in [0.29, 0.717) is 30.5 Å². The number of rotatable bonds is 9. The van der Waals surface area contributed by atoms with E-state index in [1.807, 2.05) is 30.3 Å². The van der Waals surface area contributed by atoms with Gasteiger partial charge in [-0.15, -0.1) is 0 Å². The van der Waals surface area contributed by atoms with Crippen LogP contribution in [-0.4, -0.2) is 48.4 Å². The number of imide groups is 1. The number of hydrogen-bond acceptors (Lipinski definition) is 5. The number of benzene rings is 2. The summed E-state index contributed by atoms with van der Waals surface area (Å²) in [5.41, 5.74) is 1.80. The van der Waals surface area contributed by atoms with Crippen molar-refractivity contribution in [3.63, 3.8) is 0 Å². The van der Waals surface area contributed by atoms with Gasteiger partial charge in [-0.05, 0) is 30.5 Å². The molecule has 156 valence electrons. The van der Waals surface area contributed by atoms with Crippen molar-refractivity contribution in [2.75, 3.05) is 19.7 Å². The van der Waals surface area contributed by atoms with Gasteiger partial charge in [-0.1, -0.05) is 42.5 Å². The Morgan fingerprint density at radius 3 is 2.13 bits per heavy atom. The van der Waals surface area contributed by atoms with Gasteiger partial charge in [0.1, 0.15) is 6.54 Å². The molecule has 0 unspecified atom stereocenters. The number of ether oxygens (including phenoxy) is 1. The molecule has 0 aromatic heterocycles. The first kappa shape index (κ1) is 21.0. The number of carbonyl (C=O) groups is 4. The van der Waals surface area contributed by atoms with Crippen molar-refractivity contribution < 1.29 is 23.9 Å². The van der Waals surface area contributed by atoms with Gasteiger partial charge in [-0.25, -0.2) is 4.79 Å². The highest BCUT2D eigenvalue weighted by Crippen LogP contribution is 2.22. The minimum absolute atomic E-state index is 0.148. The molecule has 1 heterocycles. The van der Waals surface area contributed by atoms with Gasteiger partial charge in [0.25, 0.3) is 11.8 Å². The topological polar surface area (TPSA) is 105 Å². The van der Waals surface area contributed by atoms with Gasteiger partial charge in [0.15, 0.2) is 0 Å². The normalized spacial score (nSPS) is 12.5. The van der Waals surface area contributed by atoms with E-state index in [1.54, 1.807) is 24.3 Å². The lowest BCUT2D eigenvalue weighted by Crippen LogP contribution is -2.38. The number of carbonyl (C=O) groups excluding carboxylic acids is 4. The molecule has 0 saturated carbocycles. The average Bonchev–Trinajstić information content (AvgIpc) is 3.01. The van der Waals surface area contributed by atoms with Crippen LogP contribution in [0.2, 0.25) is 0 Å². The summed E-state index contributed by atoms with van der Waals surface area (Å²) in [6, 6.07) is 15.7. The lowest BCUT2D eigenvalue weighted by molar-refractivity contribution is -0.142.